The SMILES string of the molecule is COc1ccc(Br)c(Nc2cccc(C(=O)O)c2N)c1. The van der Waals surface area contributed by atoms with Crippen molar-refractivity contribution in [1.29, 1.82) is 0 Å². The first-order chi connectivity index (χ1) is 9.52. The highest BCUT2D eigenvalue weighted by Crippen LogP contribution is 2.32. The van der Waals surface area contributed by atoms with E-state index in [1.165, 1.54) is 6.07 Å². The number of nitrogen functional groups attached to an aromatic ring is 1. The molecular weight excluding hydrogens is 324 g/mol. The first-order valence-electron chi connectivity index (χ1n) is 5.75. The van der Waals surface area contributed by atoms with E-state index in [1.54, 1.807) is 25.3 Å². The normalized spacial score (nSPS) is 10.1. The third kappa shape index (κ3) is 2.85. The summed E-state index contributed by atoms with van der Waals surface area (Å²) in [6, 6.07) is 10.2. The van der Waals surface area contributed by atoms with Gasteiger partial charge >= 0.3 is 5.97 Å². The number of rotatable bonds is 4. The first kappa shape index (κ1) is 14.2. The van der Waals surface area contributed by atoms with Crippen LogP contribution in [0.5, 0.6) is 5.75 Å². The second-order valence-electron chi connectivity index (χ2n) is 4.04. The van der Waals surface area contributed by atoms with Gasteiger partial charge in [-0.25, -0.2) is 4.79 Å². The lowest BCUT2D eigenvalue weighted by Crippen LogP contribution is -2.05. The van der Waals surface area contributed by atoms with Crippen LogP contribution in [0.3, 0.4) is 0 Å². The molecule has 0 aliphatic carbocycles. The minimum atomic E-state index is -1.06. The number of nitrogens with one attached hydrogen (secondary N) is 1. The van der Waals surface area contributed by atoms with Crippen molar-refractivity contribution in [2.45, 2.75) is 0 Å². The van der Waals surface area contributed by atoms with Gasteiger partial charge in [0.25, 0.3) is 0 Å². The zero-order valence-electron chi connectivity index (χ0n) is 10.7. The van der Waals surface area contributed by atoms with Crippen LogP contribution in [0.4, 0.5) is 17.1 Å². The molecule has 6 heteroatoms. The molecular formula is C14H13BrN2O3. The zero-order chi connectivity index (χ0) is 14.7. The van der Waals surface area contributed by atoms with E-state index in [9.17, 15) is 4.79 Å². The van der Waals surface area contributed by atoms with Crippen LogP contribution in [0.25, 0.3) is 0 Å². The largest absolute Gasteiger partial charge is 0.497 e. The van der Waals surface area contributed by atoms with Gasteiger partial charge in [-0.3, -0.25) is 0 Å². The molecule has 0 unspecified atom stereocenters. The van der Waals surface area contributed by atoms with Crippen molar-refractivity contribution in [3.8, 4) is 5.75 Å². The molecule has 0 heterocycles. The van der Waals surface area contributed by atoms with E-state index in [-0.39, 0.29) is 11.3 Å². The van der Waals surface area contributed by atoms with Gasteiger partial charge in [-0.05, 0) is 40.2 Å². The Kier molecular flexibility index (Phi) is 4.14. The number of aromatic carboxylic acids is 1. The molecule has 0 amide bonds. The number of carbonyl (C=O) groups is 1. The molecule has 0 atom stereocenters. The van der Waals surface area contributed by atoms with E-state index < -0.39 is 5.97 Å². The monoisotopic (exact) mass is 336 g/mol. The Balaban J connectivity index is 2.40. The summed E-state index contributed by atoms with van der Waals surface area (Å²) in [5.74, 6) is -0.375. The van der Waals surface area contributed by atoms with Crippen molar-refractivity contribution >= 4 is 39.0 Å². The maximum Gasteiger partial charge on any atom is 0.337 e. The number of benzene rings is 2. The number of hydrogen-bond donors (Lipinski definition) is 3. The van der Waals surface area contributed by atoms with Crippen LogP contribution in [0.2, 0.25) is 0 Å². The second-order valence-corrected chi connectivity index (χ2v) is 4.90. The summed E-state index contributed by atoms with van der Waals surface area (Å²) < 4.78 is 5.97. The molecule has 4 N–H and O–H groups in total. The summed E-state index contributed by atoms with van der Waals surface area (Å²) in [6.45, 7) is 0. The fourth-order valence-electron chi connectivity index (χ4n) is 1.73. The number of methoxy groups -OCH3 is 1. The second kappa shape index (κ2) is 5.83. The van der Waals surface area contributed by atoms with E-state index in [0.717, 1.165) is 10.2 Å². The van der Waals surface area contributed by atoms with Gasteiger partial charge in [-0.1, -0.05) is 6.07 Å². The van der Waals surface area contributed by atoms with Crippen molar-refractivity contribution in [3.63, 3.8) is 0 Å². The molecule has 0 aliphatic heterocycles. The Bertz CT molecular complexity index is 659. The van der Waals surface area contributed by atoms with E-state index >= 15 is 0 Å². The summed E-state index contributed by atoms with van der Waals surface area (Å²) in [5, 5.41) is 12.2. The van der Waals surface area contributed by atoms with Gasteiger partial charge in [0.15, 0.2) is 0 Å². The van der Waals surface area contributed by atoms with Crippen LogP contribution in [0, 0.1) is 0 Å². The van der Waals surface area contributed by atoms with Crippen LogP contribution in [0.1, 0.15) is 10.4 Å². The van der Waals surface area contributed by atoms with Crippen LogP contribution in [-0.4, -0.2) is 18.2 Å². The average molecular weight is 337 g/mol. The van der Waals surface area contributed by atoms with Crippen molar-refractivity contribution in [1.82, 2.24) is 0 Å². The van der Waals surface area contributed by atoms with E-state index in [0.29, 0.717) is 11.4 Å². The van der Waals surface area contributed by atoms with Crippen LogP contribution >= 0.6 is 15.9 Å². The summed E-state index contributed by atoms with van der Waals surface area (Å²) >= 11 is 3.41. The molecule has 20 heavy (non-hydrogen) atoms. The number of hydrogen-bond acceptors (Lipinski definition) is 4. The first-order valence-corrected chi connectivity index (χ1v) is 6.54. The maximum atomic E-state index is 11.1. The summed E-state index contributed by atoms with van der Waals surface area (Å²) in [7, 11) is 1.58. The average Bonchev–Trinajstić information content (AvgIpc) is 2.43. The number of carboxylic acids is 1. The summed E-state index contributed by atoms with van der Waals surface area (Å²) in [5.41, 5.74) is 7.38. The number of carboxylic acid groups (broad SMARTS) is 1. The van der Waals surface area contributed by atoms with Crippen molar-refractivity contribution in [3.05, 3.63) is 46.4 Å². The Hall–Kier alpha value is -2.21. The van der Waals surface area contributed by atoms with Crippen molar-refractivity contribution in [2.24, 2.45) is 0 Å². The van der Waals surface area contributed by atoms with E-state index in [2.05, 4.69) is 21.2 Å². The topological polar surface area (TPSA) is 84.6 Å². The molecule has 0 bridgehead atoms. The number of ether oxygens (including phenoxy) is 1. The molecule has 2 rings (SSSR count). The molecule has 5 nitrogen and oxygen atoms in total. The van der Waals surface area contributed by atoms with Gasteiger partial charge in [0.05, 0.1) is 29.7 Å². The molecule has 104 valence electrons. The third-order valence-corrected chi connectivity index (χ3v) is 3.47. The standard InChI is InChI=1S/C14H13BrN2O3/c1-20-8-5-6-10(15)12(7-8)17-11-4-2-3-9(13(11)16)14(18)19/h2-7,17H,16H2,1H3,(H,18,19). The highest BCUT2D eigenvalue weighted by atomic mass is 79.9. The Labute approximate surface area is 124 Å². The summed E-state index contributed by atoms with van der Waals surface area (Å²) in [4.78, 5) is 11.1. The fourth-order valence-corrected chi connectivity index (χ4v) is 2.08. The lowest BCUT2D eigenvalue weighted by Gasteiger charge is -2.13. The zero-order valence-corrected chi connectivity index (χ0v) is 12.3. The van der Waals surface area contributed by atoms with Crippen LogP contribution in [0.15, 0.2) is 40.9 Å². The van der Waals surface area contributed by atoms with Gasteiger partial charge < -0.3 is 20.9 Å². The molecule has 0 radical (unpaired) electrons. The van der Waals surface area contributed by atoms with Gasteiger partial charge in [0.1, 0.15) is 5.75 Å². The Morgan fingerprint density at radius 1 is 1.30 bits per heavy atom. The quantitative estimate of drug-likeness (QED) is 0.744. The molecule has 0 spiro atoms. The number of anilines is 3. The minimum Gasteiger partial charge on any atom is -0.497 e. The predicted molar refractivity (Wildman–Crippen MR) is 81.8 cm³/mol. The maximum absolute atomic E-state index is 11.1. The number of nitrogens with two attached hydrogens (primary N) is 1. The van der Waals surface area contributed by atoms with Crippen molar-refractivity contribution < 1.29 is 14.6 Å². The number of para-hydroxylation sites is 1. The van der Waals surface area contributed by atoms with Gasteiger partial charge in [0.2, 0.25) is 0 Å². The van der Waals surface area contributed by atoms with E-state index in [4.69, 9.17) is 15.6 Å². The van der Waals surface area contributed by atoms with E-state index in [1.807, 2.05) is 12.1 Å². The molecule has 0 saturated carbocycles. The molecule has 2 aromatic rings. The van der Waals surface area contributed by atoms with Crippen LogP contribution < -0.4 is 15.8 Å². The molecule has 0 fully saturated rings. The third-order valence-electron chi connectivity index (χ3n) is 2.78. The minimum absolute atomic E-state index is 0.0639. The molecule has 0 saturated heterocycles. The smallest absolute Gasteiger partial charge is 0.337 e. The lowest BCUT2D eigenvalue weighted by atomic mass is 10.1. The molecule has 0 aromatic heterocycles. The lowest BCUT2D eigenvalue weighted by molar-refractivity contribution is 0.0698. The van der Waals surface area contributed by atoms with Gasteiger partial charge in [0, 0.05) is 10.5 Å². The fraction of sp³-hybridized carbons (Fsp3) is 0.0714. The highest BCUT2D eigenvalue weighted by molar-refractivity contribution is 9.10. The van der Waals surface area contributed by atoms with Crippen molar-refractivity contribution in [2.75, 3.05) is 18.2 Å². The predicted octanol–water partition coefficient (Wildman–Crippen LogP) is 3.48. The van der Waals surface area contributed by atoms with Gasteiger partial charge in [-0.15, -0.1) is 0 Å². The van der Waals surface area contributed by atoms with Gasteiger partial charge in [-0.2, -0.15) is 0 Å². The Morgan fingerprint density at radius 3 is 2.70 bits per heavy atom. The highest BCUT2D eigenvalue weighted by Gasteiger charge is 2.12. The number of halogens is 1. The molecule has 2 aromatic carbocycles. The summed E-state index contributed by atoms with van der Waals surface area (Å²) in [6.07, 6.45) is 0. The Morgan fingerprint density at radius 2 is 2.05 bits per heavy atom. The molecule has 0 aliphatic rings. The van der Waals surface area contributed by atoms with Crippen LogP contribution in [-0.2, 0) is 0 Å².